The van der Waals surface area contributed by atoms with Crippen LogP contribution in [0.2, 0.25) is 5.02 Å². The molecule has 1 heterocycles. The van der Waals surface area contributed by atoms with Crippen molar-refractivity contribution in [2.75, 3.05) is 13.2 Å². The van der Waals surface area contributed by atoms with E-state index in [1.165, 1.54) is 18.2 Å². The maximum atomic E-state index is 12.1. The van der Waals surface area contributed by atoms with E-state index in [0.717, 1.165) is 5.56 Å². The first-order valence-corrected chi connectivity index (χ1v) is 9.10. The van der Waals surface area contributed by atoms with E-state index in [1.54, 1.807) is 31.2 Å². The number of hydrogen-bond donors (Lipinski definition) is 0. The van der Waals surface area contributed by atoms with E-state index in [0.29, 0.717) is 16.2 Å². The molecule has 0 spiro atoms. The zero-order valence-electron chi connectivity index (χ0n) is 15.7. The molecule has 0 aliphatic carbocycles. The van der Waals surface area contributed by atoms with Crippen molar-refractivity contribution in [3.63, 3.8) is 0 Å². The van der Waals surface area contributed by atoms with Crippen LogP contribution in [0.15, 0.2) is 51.7 Å². The van der Waals surface area contributed by atoms with Crippen LogP contribution < -0.4 is 15.1 Å². The summed E-state index contributed by atoms with van der Waals surface area (Å²) in [5.41, 5.74) is -0.0743. The standard InChI is InChI=1S/C21H17ClO7/c1-3-26-20(24)16-9-13-4-6-15(10-18(13)29-21(16)25)28-19(23)11-27-17-7-5-14(22)8-12(17)2/h4-10H,3,11H2,1-2H3. The second-order valence-corrected chi connectivity index (χ2v) is 6.48. The predicted octanol–water partition coefficient (Wildman–Crippen LogP) is 3.92. The first-order chi connectivity index (χ1) is 13.9. The van der Waals surface area contributed by atoms with Crippen LogP contribution in [0.3, 0.4) is 0 Å². The molecule has 0 unspecified atom stereocenters. The molecule has 2 aromatic carbocycles. The van der Waals surface area contributed by atoms with Crippen molar-refractivity contribution in [2.24, 2.45) is 0 Å². The molecule has 0 aliphatic rings. The Hall–Kier alpha value is -3.32. The van der Waals surface area contributed by atoms with E-state index in [2.05, 4.69) is 0 Å². The van der Waals surface area contributed by atoms with Crippen LogP contribution in [0, 0.1) is 6.92 Å². The Morgan fingerprint density at radius 3 is 2.62 bits per heavy atom. The Bertz CT molecular complexity index is 1130. The molecule has 0 amide bonds. The van der Waals surface area contributed by atoms with E-state index < -0.39 is 17.6 Å². The maximum Gasteiger partial charge on any atom is 0.351 e. The normalized spacial score (nSPS) is 10.6. The molecule has 0 saturated carbocycles. The molecule has 0 fully saturated rings. The van der Waals surface area contributed by atoms with Crippen LogP contribution >= 0.6 is 11.6 Å². The summed E-state index contributed by atoms with van der Waals surface area (Å²) in [5.74, 6) is -0.703. The third-order valence-electron chi connectivity index (χ3n) is 3.92. The quantitative estimate of drug-likeness (QED) is 0.341. The van der Waals surface area contributed by atoms with Crippen molar-refractivity contribution >= 4 is 34.5 Å². The van der Waals surface area contributed by atoms with Gasteiger partial charge in [0.15, 0.2) is 6.61 Å². The Labute approximate surface area is 170 Å². The Morgan fingerprint density at radius 1 is 1.10 bits per heavy atom. The minimum absolute atomic E-state index is 0.142. The fourth-order valence-corrected chi connectivity index (χ4v) is 2.81. The van der Waals surface area contributed by atoms with Gasteiger partial charge >= 0.3 is 17.6 Å². The third-order valence-corrected chi connectivity index (χ3v) is 4.15. The van der Waals surface area contributed by atoms with Gasteiger partial charge in [0.25, 0.3) is 0 Å². The molecule has 0 bridgehead atoms. The van der Waals surface area contributed by atoms with Gasteiger partial charge in [-0.1, -0.05) is 11.6 Å². The number of aryl methyl sites for hydroxylation is 1. The van der Waals surface area contributed by atoms with Crippen LogP contribution in [-0.2, 0) is 9.53 Å². The first-order valence-electron chi connectivity index (χ1n) is 8.72. The van der Waals surface area contributed by atoms with E-state index in [-0.39, 0.29) is 30.1 Å². The molecule has 0 atom stereocenters. The SMILES string of the molecule is CCOC(=O)c1cc2ccc(OC(=O)COc3ccc(Cl)cc3C)cc2oc1=O. The van der Waals surface area contributed by atoms with Gasteiger partial charge < -0.3 is 18.6 Å². The van der Waals surface area contributed by atoms with Crippen molar-refractivity contribution in [2.45, 2.75) is 13.8 Å². The number of carbonyl (C=O) groups excluding carboxylic acids is 2. The molecule has 29 heavy (non-hydrogen) atoms. The monoisotopic (exact) mass is 416 g/mol. The van der Waals surface area contributed by atoms with E-state index in [1.807, 2.05) is 6.92 Å². The molecular weight excluding hydrogens is 400 g/mol. The van der Waals surface area contributed by atoms with Crippen molar-refractivity contribution in [1.82, 2.24) is 0 Å². The summed E-state index contributed by atoms with van der Waals surface area (Å²) in [6.07, 6.45) is 0. The smallest absolute Gasteiger partial charge is 0.351 e. The summed E-state index contributed by atoms with van der Waals surface area (Å²) in [7, 11) is 0. The fourth-order valence-electron chi connectivity index (χ4n) is 2.58. The van der Waals surface area contributed by atoms with Crippen LogP contribution in [0.5, 0.6) is 11.5 Å². The number of fused-ring (bicyclic) bond motifs is 1. The van der Waals surface area contributed by atoms with Gasteiger partial charge in [0, 0.05) is 16.5 Å². The Morgan fingerprint density at radius 2 is 1.90 bits per heavy atom. The van der Waals surface area contributed by atoms with Crippen LogP contribution in [0.4, 0.5) is 0 Å². The van der Waals surface area contributed by atoms with Gasteiger partial charge in [-0.05, 0) is 55.8 Å². The lowest BCUT2D eigenvalue weighted by molar-refractivity contribution is -0.136. The number of esters is 2. The van der Waals surface area contributed by atoms with E-state index in [9.17, 15) is 14.4 Å². The predicted molar refractivity (Wildman–Crippen MR) is 106 cm³/mol. The zero-order chi connectivity index (χ0) is 21.0. The van der Waals surface area contributed by atoms with Crippen molar-refractivity contribution in [3.05, 3.63) is 69.0 Å². The molecule has 7 nitrogen and oxygen atoms in total. The molecule has 1 aromatic heterocycles. The highest BCUT2D eigenvalue weighted by Gasteiger charge is 2.16. The molecule has 8 heteroatoms. The van der Waals surface area contributed by atoms with Crippen molar-refractivity contribution < 1.29 is 28.2 Å². The van der Waals surface area contributed by atoms with Gasteiger partial charge in [-0.15, -0.1) is 0 Å². The van der Waals surface area contributed by atoms with Gasteiger partial charge in [-0.3, -0.25) is 0 Å². The summed E-state index contributed by atoms with van der Waals surface area (Å²) >= 11 is 5.88. The summed E-state index contributed by atoms with van der Waals surface area (Å²) in [4.78, 5) is 35.8. The molecule has 3 rings (SSSR count). The third kappa shape index (κ3) is 4.94. The Balaban J connectivity index is 1.71. The second-order valence-electron chi connectivity index (χ2n) is 6.04. The van der Waals surface area contributed by atoms with Crippen molar-refractivity contribution in [1.29, 1.82) is 0 Å². The number of benzene rings is 2. The van der Waals surface area contributed by atoms with Crippen LogP contribution in [0.25, 0.3) is 11.0 Å². The van der Waals surface area contributed by atoms with Crippen LogP contribution in [-0.4, -0.2) is 25.2 Å². The topological polar surface area (TPSA) is 92.0 Å². The first kappa shape index (κ1) is 20.4. The van der Waals surface area contributed by atoms with E-state index >= 15 is 0 Å². The highest BCUT2D eigenvalue weighted by Crippen LogP contribution is 2.23. The maximum absolute atomic E-state index is 12.1. The molecule has 0 radical (unpaired) electrons. The van der Waals surface area contributed by atoms with Gasteiger partial charge in [-0.25, -0.2) is 14.4 Å². The van der Waals surface area contributed by atoms with E-state index in [4.69, 9.17) is 30.2 Å². The van der Waals surface area contributed by atoms with Crippen LogP contribution in [0.1, 0.15) is 22.8 Å². The lowest BCUT2D eigenvalue weighted by Crippen LogP contribution is -2.18. The summed E-state index contributed by atoms with van der Waals surface area (Å²) in [5, 5.41) is 1.06. The minimum atomic E-state index is -0.832. The molecule has 3 aromatic rings. The Kier molecular flexibility index (Phi) is 6.19. The summed E-state index contributed by atoms with van der Waals surface area (Å²) in [6.45, 7) is 3.27. The number of hydrogen-bond acceptors (Lipinski definition) is 7. The second kappa shape index (κ2) is 8.79. The molecular formula is C21H17ClO7. The number of ether oxygens (including phenoxy) is 3. The van der Waals surface area contributed by atoms with Gasteiger partial charge in [0.1, 0.15) is 22.6 Å². The average Bonchev–Trinajstić information content (AvgIpc) is 2.67. The summed E-state index contributed by atoms with van der Waals surface area (Å²) in [6, 6.07) is 10.9. The zero-order valence-corrected chi connectivity index (χ0v) is 16.4. The molecule has 0 N–H and O–H groups in total. The highest BCUT2D eigenvalue weighted by molar-refractivity contribution is 6.30. The van der Waals surface area contributed by atoms with Gasteiger partial charge in [-0.2, -0.15) is 0 Å². The molecule has 0 aliphatic heterocycles. The highest BCUT2D eigenvalue weighted by atomic mass is 35.5. The summed E-state index contributed by atoms with van der Waals surface area (Å²) < 4.78 is 20.6. The molecule has 150 valence electrons. The minimum Gasteiger partial charge on any atom is -0.482 e. The number of carbonyl (C=O) groups is 2. The molecule has 0 saturated heterocycles. The van der Waals surface area contributed by atoms with Gasteiger partial charge in [0.05, 0.1) is 6.61 Å². The average molecular weight is 417 g/mol. The largest absolute Gasteiger partial charge is 0.482 e. The lowest BCUT2D eigenvalue weighted by Gasteiger charge is -2.09. The van der Waals surface area contributed by atoms with Crippen molar-refractivity contribution in [3.8, 4) is 11.5 Å². The number of rotatable bonds is 6. The number of halogens is 1. The van der Waals surface area contributed by atoms with Gasteiger partial charge in [0.2, 0.25) is 0 Å². The lowest BCUT2D eigenvalue weighted by atomic mass is 10.2. The fraction of sp³-hybridized carbons (Fsp3) is 0.190.